The molecule has 0 saturated carbocycles. The fourth-order valence-electron chi connectivity index (χ4n) is 3.96. The maximum atomic E-state index is 14.0. The molecule has 5 nitrogen and oxygen atoms in total. The number of nitrogens with one attached hydrogen (secondary N) is 1. The number of para-hydroxylation sites is 2. The fourth-order valence-corrected chi connectivity index (χ4v) is 3.96. The van der Waals surface area contributed by atoms with E-state index in [0.29, 0.717) is 37.8 Å². The molecular formula is C22H26FN3O2. The molecule has 148 valence electrons. The van der Waals surface area contributed by atoms with E-state index in [1.54, 1.807) is 6.07 Å². The molecule has 1 atom stereocenters. The maximum Gasteiger partial charge on any atom is 0.234 e. The molecule has 0 aliphatic carbocycles. The summed E-state index contributed by atoms with van der Waals surface area (Å²) in [5.74, 6) is 1.10. The van der Waals surface area contributed by atoms with Gasteiger partial charge in [-0.2, -0.15) is 0 Å². The number of rotatable bonds is 5. The Morgan fingerprint density at radius 3 is 2.86 bits per heavy atom. The molecule has 0 bridgehead atoms. The summed E-state index contributed by atoms with van der Waals surface area (Å²) in [6.45, 7) is 4.62. The molecule has 1 amide bonds. The van der Waals surface area contributed by atoms with Crippen LogP contribution >= 0.6 is 0 Å². The predicted molar refractivity (Wildman–Crippen MR) is 107 cm³/mol. The lowest BCUT2D eigenvalue weighted by molar-refractivity contribution is -0.122. The molecule has 0 aromatic heterocycles. The number of halogens is 1. The summed E-state index contributed by atoms with van der Waals surface area (Å²) in [5, 5.41) is 3.06. The molecule has 1 unspecified atom stereocenters. The molecule has 2 heterocycles. The number of carbonyl (C=O) groups excluding carboxylic acids is 1. The Kier molecular flexibility index (Phi) is 5.76. The molecule has 2 aliphatic rings. The zero-order chi connectivity index (χ0) is 19.3. The van der Waals surface area contributed by atoms with Gasteiger partial charge in [-0.1, -0.05) is 30.3 Å². The minimum atomic E-state index is -0.184. The van der Waals surface area contributed by atoms with E-state index < -0.39 is 0 Å². The molecule has 1 fully saturated rings. The summed E-state index contributed by atoms with van der Waals surface area (Å²) in [4.78, 5) is 16.6. The van der Waals surface area contributed by atoms with E-state index in [1.807, 2.05) is 36.4 Å². The highest BCUT2D eigenvalue weighted by molar-refractivity contribution is 5.78. The second-order valence-electron chi connectivity index (χ2n) is 7.52. The number of hydrogen-bond donors (Lipinski definition) is 1. The van der Waals surface area contributed by atoms with Crippen molar-refractivity contribution in [3.8, 4) is 5.75 Å². The Balaban J connectivity index is 1.25. The van der Waals surface area contributed by atoms with Gasteiger partial charge >= 0.3 is 0 Å². The van der Waals surface area contributed by atoms with Gasteiger partial charge in [0.25, 0.3) is 0 Å². The first-order valence-corrected chi connectivity index (χ1v) is 9.88. The average Bonchev–Trinajstić information content (AvgIpc) is 3.07. The summed E-state index contributed by atoms with van der Waals surface area (Å²) in [7, 11) is 0. The van der Waals surface area contributed by atoms with E-state index in [0.717, 1.165) is 37.4 Å². The van der Waals surface area contributed by atoms with Crippen LogP contribution in [0.15, 0.2) is 48.5 Å². The number of anilines is 1. The number of fused-ring (bicyclic) bond motifs is 1. The number of amides is 1. The van der Waals surface area contributed by atoms with Crippen molar-refractivity contribution in [1.82, 2.24) is 10.2 Å². The molecule has 2 aliphatic heterocycles. The lowest BCUT2D eigenvalue weighted by atomic mass is 10.1. The number of ether oxygens (including phenoxy) is 1. The van der Waals surface area contributed by atoms with Gasteiger partial charge in [-0.25, -0.2) is 4.39 Å². The van der Waals surface area contributed by atoms with Crippen molar-refractivity contribution in [1.29, 1.82) is 0 Å². The lowest BCUT2D eigenvalue weighted by Crippen LogP contribution is -2.40. The minimum Gasteiger partial charge on any atom is -0.492 e. The van der Waals surface area contributed by atoms with Crippen LogP contribution in [0.1, 0.15) is 12.0 Å². The molecule has 0 radical (unpaired) electrons. The third-order valence-corrected chi connectivity index (χ3v) is 5.47. The first kappa shape index (κ1) is 18.7. The monoisotopic (exact) mass is 383 g/mol. The standard InChI is InChI=1S/C22H26FN3O2/c23-19-6-2-3-7-20(19)26-10-9-17(14-26)13-24-22(27)16-25-11-12-28-21-8-4-1-5-18(21)15-25/h1-8,17H,9-16H2,(H,24,27). The highest BCUT2D eigenvalue weighted by Crippen LogP contribution is 2.26. The zero-order valence-electron chi connectivity index (χ0n) is 15.9. The van der Waals surface area contributed by atoms with E-state index in [2.05, 4.69) is 15.1 Å². The van der Waals surface area contributed by atoms with Crippen LogP contribution < -0.4 is 15.0 Å². The van der Waals surface area contributed by atoms with E-state index in [-0.39, 0.29) is 11.7 Å². The third kappa shape index (κ3) is 4.44. The molecule has 2 aromatic rings. The van der Waals surface area contributed by atoms with Crippen LogP contribution in [-0.4, -0.2) is 50.1 Å². The molecule has 6 heteroatoms. The van der Waals surface area contributed by atoms with Crippen molar-refractivity contribution in [3.05, 3.63) is 59.9 Å². The Labute approximate surface area is 165 Å². The Morgan fingerprint density at radius 1 is 1.14 bits per heavy atom. The molecule has 4 rings (SSSR count). The predicted octanol–water partition coefficient (Wildman–Crippen LogP) is 2.66. The number of nitrogens with zero attached hydrogens (tertiary/aromatic N) is 2. The Hall–Kier alpha value is -2.60. The minimum absolute atomic E-state index is 0.0312. The van der Waals surface area contributed by atoms with Crippen molar-refractivity contribution in [3.63, 3.8) is 0 Å². The van der Waals surface area contributed by atoms with Crippen molar-refractivity contribution < 1.29 is 13.9 Å². The Bertz CT molecular complexity index is 829. The highest BCUT2D eigenvalue weighted by atomic mass is 19.1. The smallest absolute Gasteiger partial charge is 0.234 e. The van der Waals surface area contributed by atoms with Gasteiger partial charge in [0.2, 0.25) is 5.91 Å². The van der Waals surface area contributed by atoms with E-state index in [1.165, 1.54) is 6.07 Å². The molecule has 1 saturated heterocycles. The van der Waals surface area contributed by atoms with Crippen LogP contribution in [0.2, 0.25) is 0 Å². The summed E-state index contributed by atoms with van der Waals surface area (Å²) in [6, 6.07) is 14.8. The van der Waals surface area contributed by atoms with Gasteiger partial charge in [0.15, 0.2) is 0 Å². The Morgan fingerprint density at radius 2 is 1.96 bits per heavy atom. The van der Waals surface area contributed by atoms with E-state index in [4.69, 9.17) is 4.74 Å². The first-order valence-electron chi connectivity index (χ1n) is 9.88. The lowest BCUT2D eigenvalue weighted by Gasteiger charge is -2.21. The molecule has 0 spiro atoms. The average molecular weight is 383 g/mol. The van der Waals surface area contributed by atoms with E-state index in [9.17, 15) is 9.18 Å². The molecule has 28 heavy (non-hydrogen) atoms. The second kappa shape index (κ2) is 8.61. The van der Waals surface area contributed by atoms with Gasteiger partial charge in [0, 0.05) is 38.3 Å². The number of carbonyl (C=O) groups is 1. The van der Waals surface area contributed by atoms with Crippen LogP contribution in [0.25, 0.3) is 0 Å². The second-order valence-corrected chi connectivity index (χ2v) is 7.52. The van der Waals surface area contributed by atoms with Crippen molar-refractivity contribution in [2.45, 2.75) is 13.0 Å². The van der Waals surface area contributed by atoms with Crippen LogP contribution in [0.3, 0.4) is 0 Å². The quantitative estimate of drug-likeness (QED) is 0.862. The van der Waals surface area contributed by atoms with Crippen molar-refractivity contribution in [2.24, 2.45) is 5.92 Å². The summed E-state index contributed by atoms with van der Waals surface area (Å²) < 4.78 is 19.7. The topological polar surface area (TPSA) is 44.8 Å². The third-order valence-electron chi connectivity index (χ3n) is 5.47. The van der Waals surface area contributed by atoms with Gasteiger partial charge in [-0.15, -0.1) is 0 Å². The number of hydrogen-bond acceptors (Lipinski definition) is 4. The van der Waals surface area contributed by atoms with Crippen LogP contribution in [0.4, 0.5) is 10.1 Å². The molecule has 2 aromatic carbocycles. The summed E-state index contributed by atoms with van der Waals surface area (Å²) in [6.07, 6.45) is 0.958. The normalized spacial score (nSPS) is 19.6. The SMILES string of the molecule is O=C(CN1CCOc2ccccc2C1)NCC1CCN(c2ccccc2F)C1. The largest absolute Gasteiger partial charge is 0.492 e. The maximum absolute atomic E-state index is 14.0. The fraction of sp³-hybridized carbons (Fsp3) is 0.409. The van der Waals surface area contributed by atoms with Crippen molar-refractivity contribution in [2.75, 3.05) is 44.2 Å². The number of benzene rings is 2. The van der Waals surface area contributed by atoms with Gasteiger partial charge in [0.1, 0.15) is 18.2 Å². The molecular weight excluding hydrogens is 357 g/mol. The highest BCUT2D eigenvalue weighted by Gasteiger charge is 2.25. The van der Waals surface area contributed by atoms with Crippen molar-refractivity contribution >= 4 is 11.6 Å². The summed E-state index contributed by atoms with van der Waals surface area (Å²) >= 11 is 0. The van der Waals surface area contributed by atoms with Gasteiger partial charge < -0.3 is 15.0 Å². The van der Waals surface area contributed by atoms with E-state index >= 15 is 0 Å². The van der Waals surface area contributed by atoms with Gasteiger partial charge in [-0.3, -0.25) is 9.69 Å². The van der Waals surface area contributed by atoms with Crippen LogP contribution in [-0.2, 0) is 11.3 Å². The zero-order valence-corrected chi connectivity index (χ0v) is 15.9. The molecule has 1 N–H and O–H groups in total. The van der Waals surface area contributed by atoms with Gasteiger partial charge in [-0.05, 0) is 30.5 Å². The van der Waals surface area contributed by atoms with Gasteiger partial charge in [0.05, 0.1) is 12.2 Å². The summed E-state index contributed by atoms with van der Waals surface area (Å²) in [5.41, 5.74) is 1.77. The van der Waals surface area contributed by atoms with Crippen LogP contribution in [0.5, 0.6) is 5.75 Å². The van der Waals surface area contributed by atoms with Crippen LogP contribution in [0, 0.1) is 11.7 Å². The first-order chi connectivity index (χ1) is 13.7.